The second-order valence-electron chi connectivity index (χ2n) is 8.73. The lowest BCUT2D eigenvalue weighted by Crippen LogP contribution is -2.62. The monoisotopic (exact) mass is 306 g/mol. The first-order valence-corrected chi connectivity index (χ1v) is 8.95. The largest absolute Gasteiger partial charge is 0.394 e. The zero-order valence-corrected chi connectivity index (χ0v) is 13.1. The van der Waals surface area contributed by atoms with E-state index in [-0.39, 0.29) is 18.2 Å². The summed E-state index contributed by atoms with van der Waals surface area (Å²) in [6.45, 7) is 1.58. The Morgan fingerprint density at radius 2 is 1.91 bits per heavy atom. The summed E-state index contributed by atoms with van der Waals surface area (Å²) in [5, 5.41) is 20.6. The Labute approximate surface area is 131 Å². The van der Waals surface area contributed by atoms with Gasteiger partial charge in [0.25, 0.3) is 0 Å². The van der Waals surface area contributed by atoms with Crippen molar-refractivity contribution >= 4 is 6.03 Å². The highest BCUT2D eigenvalue weighted by Crippen LogP contribution is 2.58. The number of amides is 2. The number of aliphatic hydroxyl groups is 2. The first-order valence-electron chi connectivity index (χ1n) is 8.95. The molecule has 0 radical (unpaired) electrons. The predicted octanol–water partition coefficient (Wildman–Crippen LogP) is 1.19. The molecule has 0 aromatic carbocycles. The van der Waals surface area contributed by atoms with E-state index in [9.17, 15) is 15.0 Å². The van der Waals surface area contributed by atoms with E-state index in [1.807, 2.05) is 4.90 Å². The summed E-state index contributed by atoms with van der Waals surface area (Å²) in [7, 11) is 0. The minimum atomic E-state index is -0.444. The highest BCUT2D eigenvalue weighted by molar-refractivity contribution is 5.79. The molecule has 2 amide bonds. The van der Waals surface area contributed by atoms with Gasteiger partial charge in [0.15, 0.2) is 0 Å². The molecule has 2 aliphatic heterocycles. The fraction of sp³-hybridized carbons (Fsp3) is 0.941. The van der Waals surface area contributed by atoms with Crippen LogP contribution in [0.4, 0.5) is 4.79 Å². The molecule has 5 heteroatoms. The van der Waals surface area contributed by atoms with Crippen LogP contribution in [-0.4, -0.2) is 62.9 Å². The van der Waals surface area contributed by atoms with E-state index in [1.165, 1.54) is 12.8 Å². The number of fused-ring (bicyclic) bond motifs is 1. The van der Waals surface area contributed by atoms with Gasteiger partial charge in [-0.25, -0.2) is 4.79 Å². The van der Waals surface area contributed by atoms with E-state index in [0.29, 0.717) is 30.3 Å². The number of urea groups is 1. The van der Waals surface area contributed by atoms with Gasteiger partial charge in [-0.1, -0.05) is 0 Å². The zero-order valence-electron chi connectivity index (χ0n) is 13.1. The van der Waals surface area contributed by atoms with Crippen LogP contribution in [0.5, 0.6) is 0 Å². The molecule has 0 aromatic rings. The molecule has 5 nitrogen and oxygen atoms in total. The average Bonchev–Trinajstić information content (AvgIpc) is 2.97. The molecule has 4 aliphatic carbocycles. The lowest BCUT2D eigenvalue weighted by molar-refractivity contribution is -0.153. The molecule has 6 fully saturated rings. The molecule has 4 saturated carbocycles. The summed E-state index contributed by atoms with van der Waals surface area (Å²) in [6.07, 6.45) is 7.03. The standard InChI is InChI=1S/C17H26N2O3/c20-10-16-2-1-3-19(16)15(21)18(9-16)14-12-4-11-5-13(14)8-17(22,6-11)7-12/h11-14,20,22H,1-10H2/t11?,12?,13?,14?,16-,17?/m1/s1. The molecule has 6 aliphatic rings. The van der Waals surface area contributed by atoms with Gasteiger partial charge in [-0.2, -0.15) is 0 Å². The minimum absolute atomic E-state index is 0.0872. The Hall–Kier alpha value is -0.810. The number of hydrogen-bond donors (Lipinski definition) is 2. The second-order valence-corrected chi connectivity index (χ2v) is 8.73. The lowest BCUT2D eigenvalue weighted by Gasteiger charge is -2.59. The van der Waals surface area contributed by atoms with Crippen molar-refractivity contribution in [3.05, 3.63) is 0 Å². The van der Waals surface area contributed by atoms with Crippen molar-refractivity contribution in [1.29, 1.82) is 0 Å². The molecule has 2 unspecified atom stereocenters. The number of hydrogen-bond acceptors (Lipinski definition) is 3. The average molecular weight is 306 g/mol. The van der Waals surface area contributed by atoms with Crippen LogP contribution in [-0.2, 0) is 0 Å². The van der Waals surface area contributed by atoms with Crippen LogP contribution < -0.4 is 0 Å². The fourth-order valence-electron chi connectivity index (χ4n) is 6.85. The van der Waals surface area contributed by atoms with Gasteiger partial charge in [-0.3, -0.25) is 0 Å². The van der Waals surface area contributed by atoms with Crippen LogP contribution in [0.3, 0.4) is 0 Å². The van der Waals surface area contributed by atoms with Crippen LogP contribution in [0.15, 0.2) is 0 Å². The maximum Gasteiger partial charge on any atom is 0.320 e. The molecule has 2 heterocycles. The van der Waals surface area contributed by atoms with E-state index in [4.69, 9.17) is 0 Å². The molecule has 3 atom stereocenters. The van der Waals surface area contributed by atoms with Gasteiger partial charge in [0.2, 0.25) is 0 Å². The summed E-state index contributed by atoms with van der Waals surface area (Å²) in [5.74, 6) is 1.61. The fourth-order valence-corrected chi connectivity index (χ4v) is 6.85. The summed E-state index contributed by atoms with van der Waals surface area (Å²) < 4.78 is 0. The van der Waals surface area contributed by atoms with Crippen LogP contribution in [0.25, 0.3) is 0 Å². The smallest absolute Gasteiger partial charge is 0.320 e. The maximum atomic E-state index is 12.9. The third-order valence-corrected chi connectivity index (χ3v) is 7.38. The first kappa shape index (κ1) is 13.6. The van der Waals surface area contributed by atoms with Gasteiger partial charge in [-0.05, 0) is 62.7 Å². The molecular formula is C17H26N2O3. The van der Waals surface area contributed by atoms with Gasteiger partial charge >= 0.3 is 6.03 Å². The summed E-state index contributed by atoms with van der Waals surface area (Å²) in [4.78, 5) is 17.0. The first-order chi connectivity index (χ1) is 10.5. The van der Waals surface area contributed by atoms with E-state index in [1.54, 1.807) is 0 Å². The van der Waals surface area contributed by atoms with Crippen LogP contribution >= 0.6 is 0 Å². The van der Waals surface area contributed by atoms with Gasteiger partial charge in [0.05, 0.1) is 17.7 Å². The van der Waals surface area contributed by atoms with Crippen LogP contribution in [0.1, 0.15) is 44.9 Å². The highest BCUT2D eigenvalue weighted by atomic mass is 16.3. The van der Waals surface area contributed by atoms with Crippen molar-refractivity contribution in [2.45, 2.75) is 62.1 Å². The van der Waals surface area contributed by atoms with E-state index >= 15 is 0 Å². The SMILES string of the molecule is O=C1N(C2C3CC4CC2CC(O)(C4)C3)C[C@@]2(CO)CCCN12. The lowest BCUT2D eigenvalue weighted by atomic mass is 9.52. The molecule has 4 bridgehead atoms. The number of carbonyl (C=O) groups excluding carboxylic acids is 1. The van der Waals surface area contributed by atoms with Crippen molar-refractivity contribution in [1.82, 2.24) is 9.80 Å². The Balaban J connectivity index is 1.45. The minimum Gasteiger partial charge on any atom is -0.394 e. The van der Waals surface area contributed by atoms with Crippen molar-refractivity contribution in [3.8, 4) is 0 Å². The van der Waals surface area contributed by atoms with Crippen molar-refractivity contribution < 1.29 is 15.0 Å². The number of nitrogens with zero attached hydrogens (tertiary/aromatic N) is 2. The third-order valence-electron chi connectivity index (χ3n) is 7.38. The summed E-state index contributed by atoms with van der Waals surface area (Å²) >= 11 is 0. The molecular weight excluding hydrogens is 280 g/mol. The maximum absolute atomic E-state index is 12.9. The number of aliphatic hydroxyl groups excluding tert-OH is 1. The molecule has 6 rings (SSSR count). The molecule has 2 N–H and O–H groups in total. The Morgan fingerprint density at radius 1 is 1.18 bits per heavy atom. The van der Waals surface area contributed by atoms with Gasteiger partial charge in [0, 0.05) is 19.1 Å². The van der Waals surface area contributed by atoms with Gasteiger partial charge in [0.1, 0.15) is 0 Å². The topological polar surface area (TPSA) is 64.0 Å². The zero-order chi connectivity index (χ0) is 15.1. The molecule has 2 saturated heterocycles. The van der Waals surface area contributed by atoms with E-state index < -0.39 is 5.60 Å². The third kappa shape index (κ3) is 1.59. The molecule has 22 heavy (non-hydrogen) atoms. The highest BCUT2D eigenvalue weighted by Gasteiger charge is 2.61. The number of carbonyl (C=O) groups is 1. The van der Waals surface area contributed by atoms with Gasteiger partial charge in [-0.15, -0.1) is 0 Å². The van der Waals surface area contributed by atoms with Crippen molar-refractivity contribution in [2.75, 3.05) is 19.7 Å². The molecule has 0 aromatic heterocycles. The van der Waals surface area contributed by atoms with Crippen LogP contribution in [0, 0.1) is 17.8 Å². The van der Waals surface area contributed by atoms with Crippen molar-refractivity contribution in [2.24, 2.45) is 17.8 Å². The molecule has 122 valence electrons. The Morgan fingerprint density at radius 3 is 2.50 bits per heavy atom. The van der Waals surface area contributed by atoms with Crippen LogP contribution in [0.2, 0.25) is 0 Å². The Bertz CT molecular complexity index is 508. The molecule has 0 spiro atoms. The van der Waals surface area contributed by atoms with E-state index in [0.717, 1.165) is 38.6 Å². The predicted molar refractivity (Wildman–Crippen MR) is 80.2 cm³/mol. The normalized spacial score (nSPS) is 52.7. The second kappa shape index (κ2) is 4.18. The Kier molecular flexibility index (Phi) is 2.58. The number of rotatable bonds is 2. The van der Waals surface area contributed by atoms with Crippen molar-refractivity contribution in [3.63, 3.8) is 0 Å². The quantitative estimate of drug-likeness (QED) is 0.805. The van der Waals surface area contributed by atoms with E-state index in [2.05, 4.69) is 4.90 Å². The summed E-state index contributed by atoms with van der Waals surface area (Å²) in [5.41, 5.74) is -0.761. The summed E-state index contributed by atoms with van der Waals surface area (Å²) in [6, 6.07) is 0.453. The van der Waals surface area contributed by atoms with Gasteiger partial charge < -0.3 is 20.0 Å².